The second-order valence-electron chi connectivity index (χ2n) is 4.92. The fourth-order valence-electron chi connectivity index (χ4n) is 2.99. The van der Waals surface area contributed by atoms with Crippen molar-refractivity contribution < 1.29 is 14.6 Å². The molecule has 0 saturated carbocycles. The molecule has 2 atom stereocenters. The van der Waals surface area contributed by atoms with Crippen LogP contribution in [0.3, 0.4) is 0 Å². The Morgan fingerprint density at radius 3 is 2.94 bits per heavy atom. The number of ether oxygens (including phenoxy) is 1. The maximum absolute atomic E-state index is 11.4. The lowest BCUT2D eigenvalue weighted by molar-refractivity contribution is -0.142. The molecule has 0 aromatic heterocycles. The Morgan fingerprint density at radius 1 is 1.56 bits per heavy atom. The third-order valence-electron chi connectivity index (χ3n) is 3.96. The number of carboxylic acids is 1. The number of rotatable bonds is 4. The number of carbonyl (C=O) groups is 1. The predicted octanol–water partition coefficient (Wildman–Crippen LogP) is 3.23. The Hall–Kier alpha value is -1.51. The van der Waals surface area contributed by atoms with Crippen LogP contribution < -0.4 is 4.74 Å². The van der Waals surface area contributed by atoms with Crippen LogP contribution in [0, 0.1) is 5.92 Å². The van der Waals surface area contributed by atoms with Crippen LogP contribution in [0.2, 0.25) is 0 Å². The number of fused-ring (bicyclic) bond motifs is 1. The van der Waals surface area contributed by atoms with Gasteiger partial charge in [0.25, 0.3) is 0 Å². The molecule has 2 rings (SSSR count). The molecule has 0 heterocycles. The topological polar surface area (TPSA) is 46.5 Å². The number of hydrogen-bond donors (Lipinski definition) is 1. The molecule has 18 heavy (non-hydrogen) atoms. The molecule has 3 heteroatoms. The van der Waals surface area contributed by atoms with Gasteiger partial charge in [0.15, 0.2) is 0 Å². The van der Waals surface area contributed by atoms with Gasteiger partial charge in [-0.2, -0.15) is 0 Å². The summed E-state index contributed by atoms with van der Waals surface area (Å²) in [5.41, 5.74) is 2.46. The summed E-state index contributed by atoms with van der Waals surface area (Å²) in [5.74, 6) is -0.0124. The molecule has 1 aliphatic carbocycles. The summed E-state index contributed by atoms with van der Waals surface area (Å²) in [4.78, 5) is 11.4. The standard InChI is InChI=1S/C15H20O3/c1-3-12(15(16)17)13-6-4-5-10-7-8-11(18-2)9-14(10)13/h7-9,12-13H,3-6H2,1-2H3,(H,16,17). The number of methoxy groups -OCH3 is 1. The molecule has 0 saturated heterocycles. The van der Waals surface area contributed by atoms with Crippen molar-refractivity contribution in [3.8, 4) is 5.75 Å². The zero-order valence-electron chi connectivity index (χ0n) is 11.0. The summed E-state index contributed by atoms with van der Waals surface area (Å²) in [6.45, 7) is 1.95. The lowest BCUT2D eigenvalue weighted by Crippen LogP contribution is -2.24. The summed E-state index contributed by atoms with van der Waals surface area (Å²) in [5, 5.41) is 9.35. The van der Waals surface area contributed by atoms with Gasteiger partial charge in [0, 0.05) is 0 Å². The second-order valence-corrected chi connectivity index (χ2v) is 4.92. The smallest absolute Gasteiger partial charge is 0.307 e. The van der Waals surface area contributed by atoms with E-state index in [0.717, 1.165) is 25.0 Å². The molecule has 1 N–H and O–H groups in total. The lowest BCUT2D eigenvalue weighted by atomic mass is 9.75. The van der Waals surface area contributed by atoms with E-state index in [2.05, 4.69) is 6.07 Å². The first-order valence-electron chi connectivity index (χ1n) is 6.57. The molecular weight excluding hydrogens is 228 g/mol. The molecule has 3 nitrogen and oxygen atoms in total. The largest absolute Gasteiger partial charge is 0.497 e. The van der Waals surface area contributed by atoms with Crippen molar-refractivity contribution in [3.63, 3.8) is 0 Å². The van der Waals surface area contributed by atoms with Gasteiger partial charge in [0.2, 0.25) is 0 Å². The molecule has 0 amide bonds. The zero-order chi connectivity index (χ0) is 13.1. The first kappa shape index (κ1) is 12.9. The molecule has 0 spiro atoms. The van der Waals surface area contributed by atoms with Gasteiger partial charge in [0.1, 0.15) is 5.75 Å². The van der Waals surface area contributed by atoms with E-state index in [0.29, 0.717) is 6.42 Å². The Balaban J connectivity index is 2.39. The summed E-state index contributed by atoms with van der Waals surface area (Å²) in [7, 11) is 1.65. The van der Waals surface area contributed by atoms with Crippen molar-refractivity contribution >= 4 is 5.97 Å². The highest BCUT2D eigenvalue weighted by molar-refractivity contribution is 5.71. The molecule has 2 unspecified atom stereocenters. The Morgan fingerprint density at radius 2 is 2.33 bits per heavy atom. The average molecular weight is 248 g/mol. The van der Waals surface area contributed by atoms with Gasteiger partial charge in [0.05, 0.1) is 13.0 Å². The number of aryl methyl sites for hydroxylation is 1. The Labute approximate surface area is 108 Å². The average Bonchev–Trinajstić information content (AvgIpc) is 2.39. The Bertz CT molecular complexity index is 439. The van der Waals surface area contributed by atoms with E-state index in [1.165, 1.54) is 11.1 Å². The number of benzene rings is 1. The van der Waals surface area contributed by atoms with Crippen molar-refractivity contribution in [2.24, 2.45) is 5.92 Å². The normalized spacial score (nSPS) is 20.0. The van der Waals surface area contributed by atoms with Crippen LogP contribution >= 0.6 is 0 Å². The molecule has 1 aromatic carbocycles. The van der Waals surface area contributed by atoms with Crippen LogP contribution in [0.4, 0.5) is 0 Å². The van der Waals surface area contributed by atoms with Crippen molar-refractivity contribution in [3.05, 3.63) is 29.3 Å². The minimum atomic E-state index is -0.682. The van der Waals surface area contributed by atoms with Crippen molar-refractivity contribution in [2.45, 2.75) is 38.5 Å². The molecule has 0 radical (unpaired) electrons. The van der Waals surface area contributed by atoms with E-state index in [1.807, 2.05) is 19.1 Å². The van der Waals surface area contributed by atoms with Crippen molar-refractivity contribution in [2.75, 3.05) is 7.11 Å². The molecule has 98 valence electrons. The quantitative estimate of drug-likeness (QED) is 0.889. The van der Waals surface area contributed by atoms with Crippen LogP contribution in [0.15, 0.2) is 18.2 Å². The van der Waals surface area contributed by atoms with Crippen molar-refractivity contribution in [1.29, 1.82) is 0 Å². The molecule has 0 bridgehead atoms. The second kappa shape index (κ2) is 5.42. The van der Waals surface area contributed by atoms with E-state index in [-0.39, 0.29) is 11.8 Å². The number of hydrogen-bond acceptors (Lipinski definition) is 2. The van der Waals surface area contributed by atoms with Gasteiger partial charge >= 0.3 is 5.97 Å². The molecule has 1 aliphatic rings. The lowest BCUT2D eigenvalue weighted by Gasteiger charge is -2.30. The summed E-state index contributed by atoms with van der Waals surface area (Å²) in [6.07, 6.45) is 3.77. The summed E-state index contributed by atoms with van der Waals surface area (Å²) < 4.78 is 5.26. The third-order valence-corrected chi connectivity index (χ3v) is 3.96. The molecule has 0 fully saturated rings. The van der Waals surface area contributed by atoms with E-state index >= 15 is 0 Å². The zero-order valence-corrected chi connectivity index (χ0v) is 11.0. The minimum absolute atomic E-state index is 0.131. The van der Waals surface area contributed by atoms with Gasteiger partial charge in [-0.1, -0.05) is 13.0 Å². The van der Waals surface area contributed by atoms with E-state index in [1.54, 1.807) is 7.11 Å². The first-order chi connectivity index (χ1) is 8.67. The van der Waals surface area contributed by atoms with Crippen LogP contribution in [0.5, 0.6) is 5.75 Å². The fraction of sp³-hybridized carbons (Fsp3) is 0.533. The number of aliphatic carboxylic acids is 1. The fourth-order valence-corrected chi connectivity index (χ4v) is 2.99. The highest BCUT2D eigenvalue weighted by atomic mass is 16.5. The van der Waals surface area contributed by atoms with Crippen LogP contribution in [0.25, 0.3) is 0 Å². The van der Waals surface area contributed by atoms with E-state index < -0.39 is 5.97 Å². The van der Waals surface area contributed by atoms with Crippen LogP contribution in [0.1, 0.15) is 43.2 Å². The predicted molar refractivity (Wildman–Crippen MR) is 70.1 cm³/mol. The van der Waals surface area contributed by atoms with Gasteiger partial charge in [-0.15, -0.1) is 0 Å². The van der Waals surface area contributed by atoms with Gasteiger partial charge < -0.3 is 9.84 Å². The highest BCUT2D eigenvalue weighted by Gasteiger charge is 2.31. The molecule has 1 aromatic rings. The summed E-state index contributed by atoms with van der Waals surface area (Å²) in [6, 6.07) is 6.06. The van der Waals surface area contributed by atoms with Crippen LogP contribution in [-0.2, 0) is 11.2 Å². The van der Waals surface area contributed by atoms with Gasteiger partial charge in [-0.05, 0) is 54.9 Å². The van der Waals surface area contributed by atoms with E-state index in [9.17, 15) is 9.90 Å². The monoisotopic (exact) mass is 248 g/mol. The molecule has 0 aliphatic heterocycles. The van der Waals surface area contributed by atoms with Crippen LogP contribution in [-0.4, -0.2) is 18.2 Å². The van der Waals surface area contributed by atoms with Crippen molar-refractivity contribution in [1.82, 2.24) is 0 Å². The first-order valence-corrected chi connectivity index (χ1v) is 6.57. The highest BCUT2D eigenvalue weighted by Crippen LogP contribution is 2.39. The maximum Gasteiger partial charge on any atom is 0.307 e. The minimum Gasteiger partial charge on any atom is -0.497 e. The molecular formula is C15H20O3. The van der Waals surface area contributed by atoms with Gasteiger partial charge in [-0.3, -0.25) is 4.79 Å². The van der Waals surface area contributed by atoms with E-state index in [4.69, 9.17) is 4.74 Å². The van der Waals surface area contributed by atoms with Gasteiger partial charge in [-0.25, -0.2) is 0 Å². The Kier molecular flexibility index (Phi) is 3.90. The SMILES string of the molecule is CCC(C(=O)O)C1CCCc2ccc(OC)cc21. The number of carboxylic acid groups (broad SMARTS) is 1. The third kappa shape index (κ3) is 2.35. The summed E-state index contributed by atoms with van der Waals surface area (Å²) >= 11 is 0. The maximum atomic E-state index is 11.4.